The summed E-state index contributed by atoms with van der Waals surface area (Å²) in [5.41, 5.74) is 2.11. The van der Waals surface area contributed by atoms with E-state index in [0.717, 1.165) is 55.0 Å². The van der Waals surface area contributed by atoms with E-state index in [1.165, 1.54) is 0 Å². The fourth-order valence-electron chi connectivity index (χ4n) is 3.05. The lowest BCUT2D eigenvalue weighted by Gasteiger charge is -2.29. The van der Waals surface area contributed by atoms with Crippen molar-refractivity contribution in [2.75, 3.05) is 43.2 Å². The van der Waals surface area contributed by atoms with Crippen molar-refractivity contribution in [3.63, 3.8) is 0 Å². The van der Waals surface area contributed by atoms with E-state index in [9.17, 15) is 0 Å². The molecule has 0 amide bonds. The maximum absolute atomic E-state index is 5.49. The molecule has 5 heteroatoms. The number of ether oxygens (including phenoxy) is 1. The Balaban J connectivity index is 1.77. The van der Waals surface area contributed by atoms with Crippen molar-refractivity contribution in [1.82, 2.24) is 9.97 Å². The predicted octanol–water partition coefficient (Wildman–Crippen LogP) is 3.75. The highest BCUT2D eigenvalue weighted by Gasteiger charge is 2.17. The molecule has 1 aliphatic rings. The topological polar surface area (TPSA) is 41.5 Å². The average molecular weight is 346 g/mol. The van der Waals surface area contributed by atoms with E-state index in [0.29, 0.717) is 0 Å². The van der Waals surface area contributed by atoms with Crippen molar-refractivity contribution >= 4 is 17.3 Å². The summed E-state index contributed by atoms with van der Waals surface area (Å²) in [4.78, 5) is 14.0. The van der Waals surface area contributed by atoms with E-state index in [4.69, 9.17) is 14.7 Å². The maximum atomic E-state index is 5.49. The van der Waals surface area contributed by atoms with E-state index in [1.807, 2.05) is 55.6 Å². The molecule has 0 atom stereocenters. The van der Waals surface area contributed by atoms with E-state index in [2.05, 4.69) is 28.0 Å². The van der Waals surface area contributed by atoms with E-state index < -0.39 is 0 Å². The van der Waals surface area contributed by atoms with Gasteiger partial charge in [-0.3, -0.25) is 0 Å². The summed E-state index contributed by atoms with van der Waals surface area (Å²) in [6.07, 6.45) is 0. The minimum atomic E-state index is 0.731. The van der Waals surface area contributed by atoms with Gasteiger partial charge in [-0.15, -0.1) is 0 Å². The van der Waals surface area contributed by atoms with E-state index in [1.54, 1.807) is 0 Å². The number of hydrogen-bond donors (Lipinski definition) is 0. The van der Waals surface area contributed by atoms with Crippen LogP contribution >= 0.6 is 0 Å². The van der Waals surface area contributed by atoms with Crippen LogP contribution in [0.5, 0.6) is 0 Å². The number of morpholine rings is 1. The maximum Gasteiger partial charge on any atom is 0.163 e. The molecule has 0 unspecified atom stereocenters. The Morgan fingerprint density at radius 3 is 2.23 bits per heavy atom. The van der Waals surface area contributed by atoms with Crippen molar-refractivity contribution in [2.45, 2.75) is 0 Å². The summed E-state index contributed by atoms with van der Waals surface area (Å²) in [5, 5.41) is 0. The van der Waals surface area contributed by atoms with Crippen LogP contribution in [-0.2, 0) is 4.74 Å². The average Bonchev–Trinajstić information content (AvgIpc) is 2.75. The smallest absolute Gasteiger partial charge is 0.163 e. The molecule has 0 bridgehead atoms. The normalized spacial score (nSPS) is 14.3. The second kappa shape index (κ2) is 7.54. The van der Waals surface area contributed by atoms with Crippen LogP contribution in [0.25, 0.3) is 11.4 Å². The van der Waals surface area contributed by atoms with Crippen LogP contribution in [0.3, 0.4) is 0 Å². The molecule has 0 saturated carbocycles. The first-order valence-electron chi connectivity index (χ1n) is 8.87. The van der Waals surface area contributed by atoms with Crippen LogP contribution in [0.4, 0.5) is 17.3 Å². The van der Waals surface area contributed by atoms with Crippen molar-refractivity contribution < 1.29 is 4.74 Å². The molecule has 1 aromatic heterocycles. The Kier molecular flexibility index (Phi) is 4.80. The monoisotopic (exact) mass is 346 g/mol. The number of para-hydroxylation sites is 1. The van der Waals surface area contributed by atoms with Crippen LogP contribution in [0, 0.1) is 0 Å². The zero-order valence-electron chi connectivity index (χ0n) is 14.9. The minimum Gasteiger partial charge on any atom is -0.378 e. The minimum absolute atomic E-state index is 0.731. The molecule has 2 aromatic carbocycles. The molecular formula is C21H22N4O. The van der Waals surface area contributed by atoms with Gasteiger partial charge in [-0.05, 0) is 12.1 Å². The summed E-state index contributed by atoms with van der Waals surface area (Å²) in [6.45, 7) is 3.16. The molecule has 0 spiro atoms. The van der Waals surface area contributed by atoms with Gasteiger partial charge < -0.3 is 14.5 Å². The van der Waals surface area contributed by atoms with Gasteiger partial charge in [-0.1, -0.05) is 48.5 Å². The van der Waals surface area contributed by atoms with Crippen LogP contribution in [0.15, 0.2) is 66.7 Å². The molecule has 2 heterocycles. The first-order chi connectivity index (χ1) is 12.8. The van der Waals surface area contributed by atoms with Gasteiger partial charge in [0, 0.05) is 37.5 Å². The second-order valence-corrected chi connectivity index (χ2v) is 6.27. The third-order valence-electron chi connectivity index (χ3n) is 4.55. The zero-order valence-corrected chi connectivity index (χ0v) is 14.9. The fraction of sp³-hybridized carbons (Fsp3) is 0.238. The van der Waals surface area contributed by atoms with Gasteiger partial charge in [0.25, 0.3) is 0 Å². The fourth-order valence-corrected chi connectivity index (χ4v) is 3.05. The third-order valence-corrected chi connectivity index (χ3v) is 4.55. The standard InChI is InChI=1S/C21H22N4O/c1-24(18-10-6-3-7-11-18)19-16-20(25-12-14-26-15-13-25)23-21(22-19)17-8-4-2-5-9-17/h2-11,16H,12-15H2,1H3. The lowest BCUT2D eigenvalue weighted by molar-refractivity contribution is 0.122. The van der Waals surface area contributed by atoms with Crippen LogP contribution in [0.2, 0.25) is 0 Å². The van der Waals surface area contributed by atoms with Gasteiger partial charge in [-0.25, -0.2) is 9.97 Å². The Hall–Kier alpha value is -2.92. The number of rotatable bonds is 4. The summed E-state index contributed by atoms with van der Waals surface area (Å²) in [5.74, 6) is 2.57. The van der Waals surface area contributed by atoms with Gasteiger partial charge in [0.2, 0.25) is 0 Å². The summed E-state index contributed by atoms with van der Waals surface area (Å²) in [7, 11) is 2.04. The molecule has 0 radical (unpaired) electrons. The number of aromatic nitrogens is 2. The molecule has 5 nitrogen and oxygen atoms in total. The molecule has 1 aliphatic heterocycles. The quantitative estimate of drug-likeness (QED) is 0.720. The first-order valence-corrected chi connectivity index (χ1v) is 8.87. The molecule has 0 aliphatic carbocycles. The molecule has 1 saturated heterocycles. The highest BCUT2D eigenvalue weighted by molar-refractivity contribution is 5.67. The molecule has 0 N–H and O–H groups in total. The zero-order chi connectivity index (χ0) is 17.8. The van der Waals surface area contributed by atoms with Crippen molar-refractivity contribution in [1.29, 1.82) is 0 Å². The van der Waals surface area contributed by atoms with Crippen LogP contribution < -0.4 is 9.80 Å². The SMILES string of the molecule is CN(c1ccccc1)c1cc(N2CCOCC2)nc(-c2ccccc2)n1. The summed E-state index contributed by atoms with van der Waals surface area (Å²) in [6, 6.07) is 22.4. The second-order valence-electron chi connectivity index (χ2n) is 6.27. The third kappa shape index (κ3) is 3.53. The molecular weight excluding hydrogens is 324 g/mol. The largest absolute Gasteiger partial charge is 0.378 e. The molecule has 4 rings (SSSR count). The van der Waals surface area contributed by atoms with Crippen LogP contribution in [0.1, 0.15) is 0 Å². The van der Waals surface area contributed by atoms with Gasteiger partial charge in [0.1, 0.15) is 11.6 Å². The first kappa shape index (κ1) is 16.5. The van der Waals surface area contributed by atoms with Crippen LogP contribution in [-0.4, -0.2) is 43.3 Å². The predicted molar refractivity (Wildman–Crippen MR) is 105 cm³/mol. The molecule has 1 fully saturated rings. The van der Waals surface area contributed by atoms with Gasteiger partial charge in [0.15, 0.2) is 5.82 Å². The van der Waals surface area contributed by atoms with Crippen molar-refractivity contribution in [3.05, 3.63) is 66.7 Å². The van der Waals surface area contributed by atoms with Crippen molar-refractivity contribution in [2.24, 2.45) is 0 Å². The summed E-state index contributed by atoms with van der Waals surface area (Å²) < 4.78 is 5.49. The van der Waals surface area contributed by atoms with Gasteiger partial charge >= 0.3 is 0 Å². The highest BCUT2D eigenvalue weighted by Crippen LogP contribution is 2.28. The van der Waals surface area contributed by atoms with Gasteiger partial charge in [-0.2, -0.15) is 0 Å². The number of hydrogen-bond acceptors (Lipinski definition) is 5. The lowest BCUT2D eigenvalue weighted by Crippen LogP contribution is -2.37. The lowest BCUT2D eigenvalue weighted by atomic mass is 10.2. The summed E-state index contributed by atoms with van der Waals surface area (Å²) >= 11 is 0. The Morgan fingerprint density at radius 1 is 0.885 bits per heavy atom. The number of nitrogens with zero attached hydrogens (tertiary/aromatic N) is 4. The van der Waals surface area contributed by atoms with Crippen molar-refractivity contribution in [3.8, 4) is 11.4 Å². The highest BCUT2D eigenvalue weighted by atomic mass is 16.5. The Morgan fingerprint density at radius 2 is 1.54 bits per heavy atom. The number of benzene rings is 2. The van der Waals surface area contributed by atoms with E-state index in [-0.39, 0.29) is 0 Å². The molecule has 26 heavy (non-hydrogen) atoms. The molecule has 3 aromatic rings. The van der Waals surface area contributed by atoms with E-state index >= 15 is 0 Å². The Bertz CT molecular complexity index is 848. The Labute approximate surface area is 153 Å². The van der Waals surface area contributed by atoms with Gasteiger partial charge in [0.05, 0.1) is 13.2 Å². The number of anilines is 3. The molecule has 132 valence electrons.